The third kappa shape index (κ3) is 5.43. The van der Waals surface area contributed by atoms with Crippen LogP contribution in [0.5, 0.6) is 0 Å². The topological polar surface area (TPSA) is 68.5 Å². The van der Waals surface area contributed by atoms with Crippen molar-refractivity contribution in [2.24, 2.45) is 4.99 Å². The maximum Gasteiger partial charge on any atom is 0.223 e. The molecule has 0 saturated heterocycles. The van der Waals surface area contributed by atoms with E-state index >= 15 is 0 Å². The fourth-order valence-electron chi connectivity index (χ4n) is 0.680. The first kappa shape index (κ1) is 12.8. The lowest BCUT2D eigenvalue weighted by Crippen LogP contribution is -2.22. The Morgan fingerprint density at radius 2 is 2.29 bits per heavy atom. The van der Waals surface area contributed by atoms with Gasteiger partial charge in [-0.2, -0.15) is 5.26 Å². The third-order valence-corrected chi connectivity index (χ3v) is 2.05. The molecule has 0 saturated carbocycles. The Bertz CT molecular complexity index is 257. The summed E-state index contributed by atoms with van der Waals surface area (Å²) in [5, 5.41) is 11.3. The number of hydrogen-bond acceptors (Lipinski definition) is 4. The van der Waals surface area contributed by atoms with Crippen LogP contribution in [0.15, 0.2) is 4.99 Å². The van der Waals surface area contributed by atoms with E-state index in [4.69, 9.17) is 5.26 Å². The van der Waals surface area contributed by atoms with Crippen molar-refractivity contribution in [1.29, 1.82) is 5.26 Å². The van der Waals surface area contributed by atoms with E-state index in [0.717, 1.165) is 0 Å². The van der Waals surface area contributed by atoms with Gasteiger partial charge in [0, 0.05) is 20.5 Å². The summed E-state index contributed by atoms with van der Waals surface area (Å²) >= 11 is 1.35. The lowest BCUT2D eigenvalue weighted by molar-refractivity contribution is -0.128. The number of thioether (sulfide) groups is 1. The van der Waals surface area contributed by atoms with E-state index in [1.54, 1.807) is 20.3 Å². The number of amidine groups is 1. The largest absolute Gasteiger partial charge is 0.349 e. The van der Waals surface area contributed by atoms with Crippen LogP contribution in [0.2, 0.25) is 0 Å². The van der Waals surface area contributed by atoms with Gasteiger partial charge in [0.2, 0.25) is 5.91 Å². The maximum atomic E-state index is 11.1. The zero-order valence-corrected chi connectivity index (χ0v) is 9.39. The average molecular weight is 214 g/mol. The average Bonchev–Trinajstić information content (AvgIpc) is 2.16. The van der Waals surface area contributed by atoms with E-state index in [0.29, 0.717) is 18.1 Å². The first-order valence-corrected chi connectivity index (χ1v) is 5.28. The molecule has 0 atom stereocenters. The fourth-order valence-corrected chi connectivity index (χ4v) is 1.05. The van der Waals surface area contributed by atoms with Crippen LogP contribution in [-0.4, -0.2) is 42.9 Å². The minimum Gasteiger partial charge on any atom is -0.349 e. The molecule has 0 heterocycles. The van der Waals surface area contributed by atoms with Crippen molar-refractivity contribution in [1.82, 2.24) is 10.2 Å². The summed E-state index contributed by atoms with van der Waals surface area (Å²) in [6.07, 6.45) is 3.96. The molecule has 0 rings (SSSR count). The van der Waals surface area contributed by atoms with Gasteiger partial charge in [0.05, 0.1) is 6.54 Å². The molecular weight excluding hydrogens is 200 g/mol. The van der Waals surface area contributed by atoms with Gasteiger partial charge in [0.15, 0.2) is 11.4 Å². The van der Waals surface area contributed by atoms with Crippen LogP contribution in [-0.2, 0) is 4.79 Å². The molecule has 0 bridgehead atoms. The quantitative estimate of drug-likeness (QED) is 0.316. The second-order valence-electron chi connectivity index (χ2n) is 2.67. The maximum absolute atomic E-state index is 11.1. The van der Waals surface area contributed by atoms with Crippen LogP contribution in [0.3, 0.4) is 0 Å². The molecule has 0 aromatic heterocycles. The number of hydrogen-bond donors (Lipinski definition) is 1. The Morgan fingerprint density at radius 1 is 1.64 bits per heavy atom. The van der Waals surface area contributed by atoms with Gasteiger partial charge in [-0.3, -0.25) is 15.1 Å². The molecule has 6 heteroatoms. The lowest BCUT2D eigenvalue weighted by atomic mass is 10.4. The highest BCUT2D eigenvalue weighted by molar-refractivity contribution is 8.13. The zero-order valence-electron chi connectivity index (χ0n) is 8.57. The summed E-state index contributed by atoms with van der Waals surface area (Å²) in [5.41, 5.74) is 0. The number of rotatable bonds is 3. The van der Waals surface area contributed by atoms with Crippen LogP contribution >= 0.6 is 11.8 Å². The number of nitrogens with zero attached hydrogens (tertiary/aromatic N) is 3. The number of aliphatic imine (C=N–C) groups is 1. The first-order chi connectivity index (χ1) is 6.61. The predicted molar refractivity (Wildman–Crippen MR) is 57.9 cm³/mol. The molecule has 0 aromatic rings. The predicted octanol–water partition coefficient (Wildman–Crippen LogP) is 0.254. The summed E-state index contributed by atoms with van der Waals surface area (Å²) in [6.45, 7) is 0.405. The van der Waals surface area contributed by atoms with Gasteiger partial charge in [0.25, 0.3) is 0 Å². The van der Waals surface area contributed by atoms with E-state index in [1.165, 1.54) is 16.7 Å². The van der Waals surface area contributed by atoms with E-state index in [2.05, 4.69) is 10.3 Å². The van der Waals surface area contributed by atoms with Crippen molar-refractivity contribution in [3.05, 3.63) is 0 Å². The minimum absolute atomic E-state index is 0.0335. The highest BCUT2D eigenvalue weighted by Gasteiger charge is 2.02. The number of nitriles is 1. The van der Waals surface area contributed by atoms with Gasteiger partial charge in [-0.1, -0.05) is 11.8 Å². The Labute approximate surface area is 88.2 Å². The molecule has 5 nitrogen and oxygen atoms in total. The van der Waals surface area contributed by atoms with Crippen molar-refractivity contribution in [3.8, 4) is 6.19 Å². The molecule has 0 unspecified atom stereocenters. The molecular formula is C8H14N4OS. The van der Waals surface area contributed by atoms with Crippen LogP contribution in [0.25, 0.3) is 0 Å². The van der Waals surface area contributed by atoms with Crippen molar-refractivity contribution in [2.75, 3.05) is 26.9 Å². The SMILES string of the molecule is CSC(=NCCC(=O)N(C)C)NC#N. The zero-order chi connectivity index (χ0) is 11.0. The lowest BCUT2D eigenvalue weighted by Gasteiger charge is -2.08. The monoisotopic (exact) mass is 214 g/mol. The van der Waals surface area contributed by atoms with Crippen LogP contribution < -0.4 is 5.32 Å². The Balaban J connectivity index is 3.91. The molecule has 0 radical (unpaired) electrons. The Morgan fingerprint density at radius 3 is 2.71 bits per heavy atom. The van der Waals surface area contributed by atoms with Crippen molar-refractivity contribution in [2.45, 2.75) is 6.42 Å². The molecule has 0 aliphatic heterocycles. The van der Waals surface area contributed by atoms with E-state index < -0.39 is 0 Å². The van der Waals surface area contributed by atoms with Gasteiger partial charge < -0.3 is 4.90 Å². The fraction of sp³-hybridized carbons (Fsp3) is 0.625. The van der Waals surface area contributed by atoms with Crippen molar-refractivity contribution in [3.63, 3.8) is 0 Å². The van der Waals surface area contributed by atoms with Gasteiger partial charge >= 0.3 is 0 Å². The molecule has 0 aromatic carbocycles. The number of nitrogens with one attached hydrogen (secondary N) is 1. The Hall–Kier alpha value is -1.22. The number of carbonyl (C=O) groups is 1. The molecule has 78 valence electrons. The van der Waals surface area contributed by atoms with Crippen LogP contribution in [0.4, 0.5) is 0 Å². The summed E-state index contributed by atoms with van der Waals surface area (Å²) in [5.74, 6) is 0.0335. The summed E-state index contributed by atoms with van der Waals surface area (Å²) in [6, 6.07) is 0. The highest BCUT2D eigenvalue weighted by atomic mass is 32.2. The van der Waals surface area contributed by atoms with E-state index in [1.807, 2.05) is 6.26 Å². The summed E-state index contributed by atoms with van der Waals surface area (Å²) < 4.78 is 0. The smallest absolute Gasteiger partial charge is 0.223 e. The minimum atomic E-state index is 0.0335. The second kappa shape index (κ2) is 7.21. The summed E-state index contributed by atoms with van der Waals surface area (Å²) in [4.78, 5) is 16.7. The van der Waals surface area contributed by atoms with Gasteiger partial charge in [-0.05, 0) is 6.26 Å². The van der Waals surface area contributed by atoms with Crippen molar-refractivity contribution < 1.29 is 4.79 Å². The standard InChI is InChI=1S/C8H14N4OS/c1-12(2)7(13)4-5-10-8(14-3)11-6-9/h4-5H2,1-3H3,(H,10,11). The number of carbonyl (C=O) groups excluding carboxylic acids is 1. The van der Waals surface area contributed by atoms with Crippen molar-refractivity contribution >= 4 is 22.8 Å². The molecule has 0 fully saturated rings. The molecule has 14 heavy (non-hydrogen) atoms. The molecule has 0 aliphatic rings. The molecule has 0 spiro atoms. The normalized spacial score (nSPS) is 10.6. The van der Waals surface area contributed by atoms with E-state index in [-0.39, 0.29) is 5.91 Å². The molecule has 0 aliphatic carbocycles. The van der Waals surface area contributed by atoms with Gasteiger partial charge in [-0.25, -0.2) is 0 Å². The third-order valence-electron chi connectivity index (χ3n) is 1.44. The van der Waals surface area contributed by atoms with Crippen LogP contribution in [0.1, 0.15) is 6.42 Å². The first-order valence-electron chi connectivity index (χ1n) is 4.05. The van der Waals surface area contributed by atoms with Crippen LogP contribution in [0, 0.1) is 11.5 Å². The van der Waals surface area contributed by atoms with Gasteiger partial charge in [-0.15, -0.1) is 0 Å². The molecule has 1 amide bonds. The second-order valence-corrected chi connectivity index (χ2v) is 3.46. The number of amides is 1. The van der Waals surface area contributed by atoms with Gasteiger partial charge in [0.1, 0.15) is 0 Å². The molecule has 1 N–H and O–H groups in total. The van der Waals surface area contributed by atoms with E-state index in [9.17, 15) is 4.79 Å². The summed E-state index contributed by atoms with van der Waals surface area (Å²) in [7, 11) is 3.41. The Kier molecular flexibility index (Phi) is 6.58. The highest BCUT2D eigenvalue weighted by Crippen LogP contribution is 1.96.